The van der Waals surface area contributed by atoms with Gasteiger partial charge in [-0.1, -0.05) is 6.07 Å². The van der Waals surface area contributed by atoms with Crippen LogP contribution in [0.3, 0.4) is 0 Å². The molecular weight excluding hydrogens is 256 g/mol. The fraction of sp³-hybridized carbons (Fsp3) is 0.364. The van der Waals surface area contributed by atoms with Crippen LogP contribution in [0.1, 0.15) is 18.6 Å². The van der Waals surface area contributed by atoms with Gasteiger partial charge in [0, 0.05) is 0 Å². The number of nitrogens with zero attached hydrogens (tertiary/aromatic N) is 1. The van der Waals surface area contributed by atoms with E-state index in [0.29, 0.717) is 0 Å². The van der Waals surface area contributed by atoms with Crippen molar-refractivity contribution in [1.82, 2.24) is 0 Å². The number of nitro groups is 1. The van der Waals surface area contributed by atoms with Gasteiger partial charge in [0.25, 0.3) is 5.69 Å². The second-order valence-electron chi connectivity index (χ2n) is 3.68. The fourth-order valence-corrected chi connectivity index (χ4v) is 1.56. The number of aliphatic hydroxyl groups is 2. The summed E-state index contributed by atoms with van der Waals surface area (Å²) in [4.78, 5) is 21.4. The summed E-state index contributed by atoms with van der Waals surface area (Å²) in [6.07, 6.45) is -3.71. The number of nitrogens with two attached hydrogens (primary N) is 1. The van der Waals surface area contributed by atoms with Crippen molar-refractivity contribution < 1.29 is 24.7 Å². The number of rotatable bonds is 5. The number of benzene rings is 1. The number of carbonyl (C=O) groups excluding carboxylic acids is 1. The van der Waals surface area contributed by atoms with Crippen molar-refractivity contribution in [3.8, 4) is 0 Å². The number of ether oxygens (including phenoxy) is 1. The zero-order chi connectivity index (χ0) is 14.6. The highest BCUT2D eigenvalue weighted by Crippen LogP contribution is 2.32. The van der Waals surface area contributed by atoms with Crippen LogP contribution in [-0.4, -0.2) is 33.8 Å². The molecule has 0 spiro atoms. The molecule has 0 heterocycles. The molecule has 0 saturated carbocycles. The number of aliphatic hydroxyl groups excluding tert-OH is 2. The molecule has 0 aliphatic heterocycles. The van der Waals surface area contributed by atoms with Gasteiger partial charge in [0.1, 0.15) is 11.8 Å². The number of nitrogen functional groups attached to an aromatic ring is 1. The maximum absolute atomic E-state index is 11.3. The average Bonchev–Trinajstić information content (AvgIpc) is 2.36. The summed E-state index contributed by atoms with van der Waals surface area (Å²) >= 11 is 0. The third kappa shape index (κ3) is 3.18. The Bertz CT molecular complexity index is 490. The summed E-state index contributed by atoms with van der Waals surface area (Å²) in [5, 5.41) is 30.3. The quantitative estimate of drug-likeness (QED) is 0.299. The molecule has 1 aromatic rings. The molecule has 0 radical (unpaired) electrons. The molecule has 4 N–H and O–H groups in total. The van der Waals surface area contributed by atoms with E-state index in [1.807, 2.05) is 0 Å². The van der Waals surface area contributed by atoms with E-state index in [1.54, 1.807) is 0 Å². The monoisotopic (exact) mass is 270 g/mol. The van der Waals surface area contributed by atoms with Crippen LogP contribution in [0.2, 0.25) is 0 Å². The van der Waals surface area contributed by atoms with E-state index in [9.17, 15) is 25.1 Å². The largest absolute Gasteiger partial charge is 0.464 e. The number of esters is 1. The molecule has 0 fully saturated rings. The summed E-state index contributed by atoms with van der Waals surface area (Å²) in [7, 11) is 0. The third-order valence-corrected chi connectivity index (χ3v) is 2.43. The van der Waals surface area contributed by atoms with Crippen molar-refractivity contribution in [2.24, 2.45) is 0 Å². The smallest absolute Gasteiger partial charge is 0.338 e. The first-order valence-corrected chi connectivity index (χ1v) is 5.45. The Labute approximate surface area is 108 Å². The molecular formula is C11H14N2O6. The molecule has 0 bridgehead atoms. The van der Waals surface area contributed by atoms with Crippen molar-refractivity contribution in [1.29, 1.82) is 0 Å². The number of nitro benzene ring substituents is 1. The molecule has 2 atom stereocenters. The van der Waals surface area contributed by atoms with Crippen LogP contribution in [0.4, 0.5) is 11.4 Å². The van der Waals surface area contributed by atoms with Crippen LogP contribution < -0.4 is 5.73 Å². The highest BCUT2D eigenvalue weighted by atomic mass is 16.6. The average molecular weight is 270 g/mol. The van der Waals surface area contributed by atoms with E-state index in [-0.39, 0.29) is 17.9 Å². The SMILES string of the molecule is CCOC(=O)C(O)C(O)c1cccc(N)c1[N+](=O)[O-]. The molecule has 19 heavy (non-hydrogen) atoms. The second kappa shape index (κ2) is 6.12. The van der Waals surface area contributed by atoms with Gasteiger partial charge in [-0.3, -0.25) is 10.1 Å². The van der Waals surface area contributed by atoms with Crippen LogP contribution in [0.25, 0.3) is 0 Å². The minimum absolute atomic E-state index is 0.0155. The Balaban J connectivity index is 3.12. The van der Waals surface area contributed by atoms with E-state index in [4.69, 9.17) is 5.73 Å². The number of anilines is 1. The molecule has 0 amide bonds. The van der Waals surface area contributed by atoms with Gasteiger partial charge in [0.05, 0.1) is 17.1 Å². The number of carbonyl (C=O) groups is 1. The molecule has 0 saturated heterocycles. The van der Waals surface area contributed by atoms with Gasteiger partial charge in [-0.15, -0.1) is 0 Å². The lowest BCUT2D eigenvalue weighted by molar-refractivity contribution is -0.385. The summed E-state index contributed by atoms with van der Waals surface area (Å²) < 4.78 is 4.53. The molecule has 2 unspecified atom stereocenters. The second-order valence-corrected chi connectivity index (χ2v) is 3.68. The summed E-state index contributed by atoms with van der Waals surface area (Å²) in [5.41, 5.74) is 4.49. The van der Waals surface area contributed by atoms with Gasteiger partial charge >= 0.3 is 5.97 Å². The first-order valence-electron chi connectivity index (χ1n) is 5.45. The first kappa shape index (κ1) is 14.9. The minimum atomic E-state index is -1.92. The third-order valence-electron chi connectivity index (χ3n) is 2.43. The predicted octanol–water partition coefficient (Wildman–Crippen LogP) is 0.134. The van der Waals surface area contributed by atoms with Crippen LogP contribution in [0.5, 0.6) is 0 Å². The van der Waals surface area contributed by atoms with Crippen molar-refractivity contribution in [3.63, 3.8) is 0 Å². The molecule has 8 heteroatoms. The van der Waals surface area contributed by atoms with Gasteiger partial charge in [-0.2, -0.15) is 0 Å². The maximum Gasteiger partial charge on any atom is 0.338 e. The van der Waals surface area contributed by atoms with E-state index in [2.05, 4.69) is 4.74 Å². The number of para-hydroxylation sites is 1. The van der Waals surface area contributed by atoms with Crippen LogP contribution >= 0.6 is 0 Å². The van der Waals surface area contributed by atoms with Gasteiger partial charge in [-0.05, 0) is 19.1 Å². The topological polar surface area (TPSA) is 136 Å². The normalized spacial score (nSPS) is 13.6. The van der Waals surface area contributed by atoms with Crippen molar-refractivity contribution in [2.75, 3.05) is 12.3 Å². The standard InChI is InChI=1S/C11H14N2O6/c1-2-19-11(16)10(15)9(14)6-4-3-5-7(12)8(6)13(17)18/h3-5,9-10,14-15H,2,12H2,1H3. The summed E-state index contributed by atoms with van der Waals surface area (Å²) in [5.74, 6) is -1.06. The molecule has 0 aromatic heterocycles. The van der Waals surface area contributed by atoms with Crippen molar-refractivity contribution >= 4 is 17.3 Å². The molecule has 8 nitrogen and oxygen atoms in total. The summed E-state index contributed by atoms with van der Waals surface area (Å²) in [6.45, 7) is 1.54. The van der Waals surface area contributed by atoms with Crippen molar-refractivity contribution in [3.05, 3.63) is 33.9 Å². The molecule has 0 aliphatic rings. The number of hydrogen-bond acceptors (Lipinski definition) is 7. The predicted molar refractivity (Wildman–Crippen MR) is 65.1 cm³/mol. The van der Waals surface area contributed by atoms with Gasteiger partial charge in [-0.25, -0.2) is 4.79 Å². The highest BCUT2D eigenvalue weighted by Gasteiger charge is 2.32. The zero-order valence-electron chi connectivity index (χ0n) is 10.1. The zero-order valence-corrected chi connectivity index (χ0v) is 10.1. The molecule has 1 aromatic carbocycles. The van der Waals surface area contributed by atoms with Crippen LogP contribution in [-0.2, 0) is 9.53 Å². The maximum atomic E-state index is 11.3. The Morgan fingerprint density at radius 1 is 1.53 bits per heavy atom. The lowest BCUT2D eigenvalue weighted by Crippen LogP contribution is -2.30. The lowest BCUT2D eigenvalue weighted by Gasteiger charge is -2.17. The summed E-state index contributed by atoms with van der Waals surface area (Å²) in [6, 6.07) is 3.87. The Kier molecular flexibility index (Phi) is 4.79. The first-order chi connectivity index (χ1) is 8.90. The van der Waals surface area contributed by atoms with Gasteiger partial charge in [0.15, 0.2) is 6.10 Å². The number of hydrogen-bond donors (Lipinski definition) is 3. The lowest BCUT2D eigenvalue weighted by atomic mass is 10.0. The minimum Gasteiger partial charge on any atom is -0.464 e. The van der Waals surface area contributed by atoms with Crippen LogP contribution in [0.15, 0.2) is 18.2 Å². The van der Waals surface area contributed by atoms with Gasteiger partial charge < -0.3 is 20.7 Å². The fourth-order valence-electron chi connectivity index (χ4n) is 1.56. The van der Waals surface area contributed by atoms with E-state index < -0.39 is 28.8 Å². The van der Waals surface area contributed by atoms with E-state index in [1.165, 1.54) is 25.1 Å². The Hall–Kier alpha value is -2.19. The molecule has 1 rings (SSSR count). The Morgan fingerprint density at radius 2 is 2.16 bits per heavy atom. The van der Waals surface area contributed by atoms with Crippen LogP contribution in [0, 0.1) is 10.1 Å². The van der Waals surface area contributed by atoms with Gasteiger partial charge in [0.2, 0.25) is 0 Å². The molecule has 0 aliphatic carbocycles. The highest BCUT2D eigenvalue weighted by molar-refractivity contribution is 5.76. The Morgan fingerprint density at radius 3 is 2.68 bits per heavy atom. The van der Waals surface area contributed by atoms with E-state index in [0.717, 1.165) is 0 Å². The van der Waals surface area contributed by atoms with Crippen molar-refractivity contribution in [2.45, 2.75) is 19.1 Å². The molecule has 104 valence electrons. The van der Waals surface area contributed by atoms with E-state index >= 15 is 0 Å².